The van der Waals surface area contributed by atoms with E-state index in [4.69, 9.17) is 0 Å². The van der Waals surface area contributed by atoms with Crippen LogP contribution in [-0.4, -0.2) is 4.57 Å². The third-order valence-electron chi connectivity index (χ3n) is 12.0. The molecule has 1 aliphatic carbocycles. The molecule has 9 aromatic carbocycles. The molecule has 0 aliphatic heterocycles. The summed E-state index contributed by atoms with van der Waals surface area (Å²) < 4.78 is 2.43. The first kappa shape index (κ1) is 31.6. The smallest absolute Gasteiger partial charge is 0.0541 e. The van der Waals surface area contributed by atoms with Gasteiger partial charge < -0.3 is 9.47 Å². The van der Waals surface area contributed by atoms with Crippen molar-refractivity contribution in [2.45, 2.75) is 19.3 Å². The zero-order valence-electron chi connectivity index (χ0n) is 30.9. The van der Waals surface area contributed by atoms with Crippen LogP contribution in [0.15, 0.2) is 194 Å². The van der Waals surface area contributed by atoms with Crippen LogP contribution in [-0.2, 0) is 5.41 Å². The molecule has 0 radical (unpaired) electrons. The number of hydrogen-bond acceptors (Lipinski definition) is 1. The third kappa shape index (κ3) is 4.74. The minimum atomic E-state index is -0.223. The predicted octanol–water partition coefficient (Wildman–Crippen LogP) is 14.5. The van der Waals surface area contributed by atoms with Crippen molar-refractivity contribution in [3.63, 3.8) is 0 Å². The summed E-state index contributed by atoms with van der Waals surface area (Å²) >= 11 is 0. The number of aromatic nitrogens is 1. The van der Waals surface area contributed by atoms with Gasteiger partial charge in [0.2, 0.25) is 0 Å². The Labute approximate surface area is 321 Å². The Bertz CT molecular complexity index is 3070. The van der Waals surface area contributed by atoms with Gasteiger partial charge in [-0.05, 0) is 92.7 Å². The van der Waals surface area contributed by atoms with E-state index in [0.717, 1.165) is 17.1 Å². The van der Waals surface area contributed by atoms with Gasteiger partial charge in [0.05, 0.1) is 22.4 Å². The summed E-state index contributed by atoms with van der Waals surface area (Å²) in [7, 11) is 0. The van der Waals surface area contributed by atoms with Gasteiger partial charge >= 0.3 is 0 Å². The first-order chi connectivity index (χ1) is 27.1. The summed E-state index contributed by atoms with van der Waals surface area (Å²) in [5.41, 5.74) is 14.7. The number of benzene rings is 9. The van der Waals surface area contributed by atoms with Gasteiger partial charge in [0.15, 0.2) is 0 Å². The first-order valence-corrected chi connectivity index (χ1v) is 19.2. The minimum Gasteiger partial charge on any atom is -0.309 e. The molecule has 2 nitrogen and oxygen atoms in total. The Morgan fingerprint density at radius 1 is 0.400 bits per heavy atom. The van der Waals surface area contributed by atoms with Crippen molar-refractivity contribution in [3.8, 4) is 27.9 Å². The molecule has 11 rings (SSSR count). The molecule has 0 saturated carbocycles. The Kier molecular flexibility index (Phi) is 6.93. The van der Waals surface area contributed by atoms with E-state index in [2.05, 4.69) is 217 Å². The lowest BCUT2D eigenvalue weighted by atomic mass is 9.82. The highest BCUT2D eigenvalue weighted by Crippen LogP contribution is 2.52. The van der Waals surface area contributed by atoms with E-state index in [1.807, 2.05) is 0 Å². The van der Waals surface area contributed by atoms with Crippen molar-refractivity contribution in [3.05, 3.63) is 205 Å². The fourth-order valence-corrected chi connectivity index (χ4v) is 9.35. The van der Waals surface area contributed by atoms with E-state index in [1.54, 1.807) is 0 Å². The second kappa shape index (κ2) is 12.1. The van der Waals surface area contributed by atoms with Crippen molar-refractivity contribution in [2.24, 2.45) is 0 Å². The van der Waals surface area contributed by atoms with Gasteiger partial charge in [-0.1, -0.05) is 159 Å². The number of hydrogen-bond donors (Lipinski definition) is 0. The molecule has 10 aromatic rings. The normalized spacial score (nSPS) is 13.1. The van der Waals surface area contributed by atoms with Crippen LogP contribution in [0.25, 0.3) is 71.3 Å². The summed E-state index contributed by atoms with van der Waals surface area (Å²) in [5, 5.41) is 7.47. The van der Waals surface area contributed by atoms with Gasteiger partial charge in [0, 0.05) is 38.3 Å². The lowest BCUT2D eigenvalue weighted by Crippen LogP contribution is -2.17. The molecular weight excluding hydrogens is 665 g/mol. The molecule has 0 unspecified atom stereocenters. The number of anilines is 3. The average Bonchev–Trinajstić information content (AvgIpc) is 3.69. The summed E-state index contributed by atoms with van der Waals surface area (Å²) in [6.45, 7) is 4.78. The van der Waals surface area contributed by atoms with E-state index in [1.165, 1.54) is 82.4 Å². The zero-order valence-corrected chi connectivity index (χ0v) is 30.9. The number of fused-ring (bicyclic) bond motifs is 8. The van der Waals surface area contributed by atoms with Gasteiger partial charge in [0.25, 0.3) is 0 Å². The lowest BCUT2D eigenvalue weighted by Gasteiger charge is -2.30. The van der Waals surface area contributed by atoms with Crippen LogP contribution in [0, 0.1) is 0 Å². The van der Waals surface area contributed by atoms with Gasteiger partial charge in [-0.2, -0.15) is 0 Å². The SMILES string of the molecule is CC1(C)c2cc(N(c3cccc4ccccc34)c3ccc(-c4ccccc4)c4ccccc34)ccc2-c2ccc(-n3c4ccccc4c4ccccc43)cc21. The molecule has 0 bridgehead atoms. The van der Waals surface area contributed by atoms with E-state index in [0.29, 0.717) is 0 Å². The average molecular weight is 703 g/mol. The van der Waals surface area contributed by atoms with Crippen molar-refractivity contribution in [1.82, 2.24) is 4.57 Å². The Balaban J connectivity index is 1.10. The van der Waals surface area contributed by atoms with Crippen LogP contribution >= 0.6 is 0 Å². The van der Waals surface area contributed by atoms with Crippen LogP contribution in [0.4, 0.5) is 17.1 Å². The fraction of sp³-hybridized carbons (Fsp3) is 0.0566. The highest BCUT2D eigenvalue weighted by molar-refractivity contribution is 6.10. The summed E-state index contributed by atoms with van der Waals surface area (Å²) in [4.78, 5) is 2.49. The molecule has 260 valence electrons. The first-order valence-electron chi connectivity index (χ1n) is 19.2. The van der Waals surface area contributed by atoms with E-state index < -0.39 is 0 Å². The van der Waals surface area contributed by atoms with Crippen LogP contribution < -0.4 is 4.90 Å². The zero-order chi connectivity index (χ0) is 36.7. The number of rotatable bonds is 5. The second-order valence-corrected chi connectivity index (χ2v) is 15.3. The molecule has 0 amide bonds. The Morgan fingerprint density at radius 3 is 1.69 bits per heavy atom. The summed E-state index contributed by atoms with van der Waals surface area (Å²) in [5.74, 6) is 0. The predicted molar refractivity (Wildman–Crippen MR) is 233 cm³/mol. The van der Waals surface area contributed by atoms with E-state index in [9.17, 15) is 0 Å². The molecule has 0 atom stereocenters. The highest BCUT2D eigenvalue weighted by atomic mass is 15.1. The monoisotopic (exact) mass is 702 g/mol. The molecule has 1 aliphatic rings. The molecule has 2 heteroatoms. The van der Waals surface area contributed by atoms with Gasteiger partial charge in [-0.3, -0.25) is 0 Å². The number of nitrogens with zero attached hydrogens (tertiary/aromatic N) is 2. The Hall–Kier alpha value is -6.90. The van der Waals surface area contributed by atoms with Crippen molar-refractivity contribution >= 4 is 60.4 Å². The largest absolute Gasteiger partial charge is 0.309 e. The standard InChI is InChI=1S/C53H38N2/c1-53(2)47-33-37(27-29-42(47)43-30-28-38(34-48(43)53)55-50-24-12-10-22-45(50)46-23-11-13-25-51(46)55)54(49-26-14-18-36-17-6-7-19-40(36)49)52-32-31-39(35-15-4-3-5-16-35)41-20-8-9-21-44(41)52/h3-34H,1-2H3. The van der Waals surface area contributed by atoms with Gasteiger partial charge in [-0.25, -0.2) is 0 Å². The third-order valence-corrected chi connectivity index (χ3v) is 12.0. The maximum atomic E-state index is 2.49. The number of para-hydroxylation sites is 2. The van der Waals surface area contributed by atoms with E-state index >= 15 is 0 Å². The molecule has 0 N–H and O–H groups in total. The van der Waals surface area contributed by atoms with Gasteiger partial charge in [0.1, 0.15) is 0 Å². The van der Waals surface area contributed by atoms with Gasteiger partial charge in [-0.15, -0.1) is 0 Å². The van der Waals surface area contributed by atoms with Crippen molar-refractivity contribution < 1.29 is 0 Å². The van der Waals surface area contributed by atoms with E-state index in [-0.39, 0.29) is 5.41 Å². The lowest BCUT2D eigenvalue weighted by molar-refractivity contribution is 0.660. The van der Waals surface area contributed by atoms with Crippen molar-refractivity contribution in [1.29, 1.82) is 0 Å². The topological polar surface area (TPSA) is 8.17 Å². The fourth-order valence-electron chi connectivity index (χ4n) is 9.35. The summed E-state index contributed by atoms with van der Waals surface area (Å²) in [6, 6.07) is 71.4. The molecule has 55 heavy (non-hydrogen) atoms. The Morgan fingerprint density at radius 2 is 0.945 bits per heavy atom. The molecule has 1 aromatic heterocycles. The highest BCUT2D eigenvalue weighted by Gasteiger charge is 2.37. The molecule has 0 fully saturated rings. The van der Waals surface area contributed by atoms with Crippen LogP contribution in [0.2, 0.25) is 0 Å². The van der Waals surface area contributed by atoms with Crippen LogP contribution in [0.3, 0.4) is 0 Å². The molecule has 1 heterocycles. The minimum absolute atomic E-state index is 0.223. The summed E-state index contributed by atoms with van der Waals surface area (Å²) in [6.07, 6.45) is 0. The maximum Gasteiger partial charge on any atom is 0.0541 e. The molecular formula is C53H38N2. The quantitative estimate of drug-likeness (QED) is 0.173. The second-order valence-electron chi connectivity index (χ2n) is 15.3. The van der Waals surface area contributed by atoms with Crippen LogP contribution in [0.1, 0.15) is 25.0 Å². The van der Waals surface area contributed by atoms with Crippen LogP contribution in [0.5, 0.6) is 0 Å². The van der Waals surface area contributed by atoms with Crippen molar-refractivity contribution in [2.75, 3.05) is 4.90 Å². The maximum absolute atomic E-state index is 2.49. The molecule has 0 spiro atoms. The molecule has 0 saturated heterocycles.